The second-order valence-electron chi connectivity index (χ2n) is 10.2. The van der Waals surface area contributed by atoms with Gasteiger partial charge in [-0.3, -0.25) is 9.78 Å². The fourth-order valence-electron chi connectivity index (χ4n) is 5.51. The zero-order chi connectivity index (χ0) is 27.3. The number of nitrogens with zero attached hydrogens (tertiary/aromatic N) is 2. The Bertz CT molecular complexity index is 1260. The third-order valence-electron chi connectivity index (χ3n) is 7.62. The van der Waals surface area contributed by atoms with Crippen LogP contribution in [0.2, 0.25) is 0 Å². The number of benzene rings is 2. The number of pyridine rings is 1. The van der Waals surface area contributed by atoms with Crippen molar-refractivity contribution in [1.29, 1.82) is 0 Å². The standard InChI is InChI=1S/C29H34F3N3O3/c1-19-18-34-26-4-3-23(38-2)16-24(26)28(19)25(32)5-6-29(17-27(36)37)7-10-35(11-8-29)12-9-33-22-14-20(30)13-21(31)15-22/h3-4,13-16,18,25,33H,5-12,17H2,1-2H3,(H,36,37)/t25-/m0/s1. The molecule has 2 N–H and O–H groups in total. The molecule has 0 amide bonds. The van der Waals surface area contributed by atoms with E-state index in [0.29, 0.717) is 73.3 Å². The number of carboxylic acids is 1. The highest BCUT2D eigenvalue weighted by Gasteiger charge is 2.37. The highest BCUT2D eigenvalue weighted by Crippen LogP contribution is 2.43. The monoisotopic (exact) mass is 529 g/mol. The lowest BCUT2D eigenvalue weighted by atomic mass is 9.71. The number of piperidine rings is 1. The molecule has 2 heterocycles. The number of aromatic nitrogens is 1. The van der Waals surface area contributed by atoms with Gasteiger partial charge < -0.3 is 20.1 Å². The Hall–Kier alpha value is -3.33. The first-order valence-corrected chi connectivity index (χ1v) is 12.9. The number of anilines is 1. The number of rotatable bonds is 11. The Morgan fingerprint density at radius 2 is 1.89 bits per heavy atom. The number of methoxy groups -OCH3 is 1. The summed E-state index contributed by atoms with van der Waals surface area (Å²) in [7, 11) is 1.57. The summed E-state index contributed by atoms with van der Waals surface area (Å²) in [6.07, 6.45) is 2.38. The number of alkyl halides is 1. The van der Waals surface area contributed by atoms with E-state index < -0.39 is 29.2 Å². The van der Waals surface area contributed by atoms with Gasteiger partial charge in [-0.25, -0.2) is 13.2 Å². The minimum atomic E-state index is -1.26. The van der Waals surface area contributed by atoms with Gasteiger partial charge in [-0.15, -0.1) is 0 Å². The molecule has 1 saturated heterocycles. The molecule has 1 aliphatic heterocycles. The second kappa shape index (κ2) is 12.0. The smallest absolute Gasteiger partial charge is 0.303 e. The highest BCUT2D eigenvalue weighted by atomic mass is 19.1. The van der Waals surface area contributed by atoms with Gasteiger partial charge in [-0.05, 0) is 92.6 Å². The predicted octanol–water partition coefficient (Wildman–Crippen LogP) is 6.29. The van der Waals surface area contributed by atoms with Crippen LogP contribution in [0.15, 0.2) is 42.6 Å². The second-order valence-corrected chi connectivity index (χ2v) is 10.2. The fraction of sp³-hybridized carbons (Fsp3) is 0.448. The lowest BCUT2D eigenvalue weighted by Gasteiger charge is -2.41. The first kappa shape index (κ1) is 27.7. The van der Waals surface area contributed by atoms with Crippen LogP contribution in [0.3, 0.4) is 0 Å². The number of hydrogen-bond donors (Lipinski definition) is 2. The molecule has 38 heavy (non-hydrogen) atoms. The molecule has 0 saturated carbocycles. The van der Waals surface area contributed by atoms with E-state index in [4.69, 9.17) is 4.74 Å². The van der Waals surface area contributed by atoms with Crippen molar-refractivity contribution in [1.82, 2.24) is 9.88 Å². The van der Waals surface area contributed by atoms with Gasteiger partial charge in [0.2, 0.25) is 0 Å². The number of aliphatic carboxylic acids is 1. The number of nitrogens with one attached hydrogen (secondary N) is 1. The number of hydrogen-bond acceptors (Lipinski definition) is 5. The summed E-state index contributed by atoms with van der Waals surface area (Å²) in [4.78, 5) is 18.4. The molecular weight excluding hydrogens is 495 g/mol. The zero-order valence-corrected chi connectivity index (χ0v) is 21.8. The molecule has 1 aliphatic rings. The maximum Gasteiger partial charge on any atom is 0.303 e. The molecule has 2 aromatic carbocycles. The summed E-state index contributed by atoms with van der Waals surface area (Å²) >= 11 is 0. The summed E-state index contributed by atoms with van der Waals surface area (Å²) in [5.41, 5.74) is 1.92. The maximum absolute atomic E-state index is 15.8. The average Bonchev–Trinajstić information content (AvgIpc) is 2.87. The van der Waals surface area contributed by atoms with Crippen molar-refractivity contribution >= 4 is 22.6 Å². The number of carbonyl (C=O) groups is 1. The molecule has 0 bridgehead atoms. The molecule has 0 spiro atoms. The maximum atomic E-state index is 15.8. The number of fused-ring (bicyclic) bond motifs is 1. The fourth-order valence-corrected chi connectivity index (χ4v) is 5.51. The Balaban J connectivity index is 1.38. The number of aryl methyl sites for hydroxylation is 1. The molecule has 1 fully saturated rings. The van der Waals surface area contributed by atoms with Crippen molar-refractivity contribution in [2.75, 3.05) is 38.6 Å². The van der Waals surface area contributed by atoms with Gasteiger partial charge >= 0.3 is 5.97 Å². The first-order chi connectivity index (χ1) is 18.2. The van der Waals surface area contributed by atoms with E-state index >= 15 is 4.39 Å². The average molecular weight is 530 g/mol. The summed E-state index contributed by atoms with van der Waals surface area (Å²) in [6.45, 7) is 4.34. The van der Waals surface area contributed by atoms with E-state index in [9.17, 15) is 18.7 Å². The van der Waals surface area contributed by atoms with Crippen LogP contribution in [-0.2, 0) is 4.79 Å². The van der Waals surface area contributed by atoms with Gasteiger partial charge in [0.1, 0.15) is 23.6 Å². The van der Waals surface area contributed by atoms with Crippen molar-refractivity contribution in [2.24, 2.45) is 5.41 Å². The van der Waals surface area contributed by atoms with Crippen LogP contribution in [0.1, 0.15) is 49.4 Å². The van der Waals surface area contributed by atoms with Crippen molar-refractivity contribution < 1.29 is 27.8 Å². The van der Waals surface area contributed by atoms with Crippen molar-refractivity contribution in [3.05, 3.63) is 65.4 Å². The van der Waals surface area contributed by atoms with Gasteiger partial charge in [-0.2, -0.15) is 0 Å². The van der Waals surface area contributed by atoms with Crippen molar-refractivity contribution in [3.8, 4) is 5.75 Å². The van der Waals surface area contributed by atoms with Crippen molar-refractivity contribution in [3.63, 3.8) is 0 Å². The van der Waals surface area contributed by atoms with E-state index in [1.54, 1.807) is 25.4 Å². The predicted molar refractivity (Wildman–Crippen MR) is 141 cm³/mol. The van der Waals surface area contributed by atoms with Crippen LogP contribution in [-0.4, -0.2) is 54.2 Å². The number of halogens is 3. The van der Waals surface area contributed by atoms with E-state index in [-0.39, 0.29) is 12.8 Å². The topological polar surface area (TPSA) is 74.7 Å². The Labute approximate surface area is 220 Å². The third kappa shape index (κ3) is 6.75. The Morgan fingerprint density at radius 3 is 2.55 bits per heavy atom. The van der Waals surface area contributed by atoms with Gasteiger partial charge in [0, 0.05) is 36.4 Å². The number of carboxylic acid groups (broad SMARTS) is 1. The van der Waals surface area contributed by atoms with Crippen molar-refractivity contribution in [2.45, 2.75) is 45.2 Å². The summed E-state index contributed by atoms with van der Waals surface area (Å²) < 4.78 is 47.9. The molecule has 4 rings (SSSR count). The molecule has 0 aliphatic carbocycles. The number of ether oxygens (including phenoxy) is 1. The van der Waals surface area contributed by atoms with Crippen LogP contribution in [0.5, 0.6) is 5.75 Å². The molecule has 1 atom stereocenters. The molecule has 204 valence electrons. The van der Waals surface area contributed by atoms with Crippen LogP contribution in [0, 0.1) is 24.0 Å². The highest BCUT2D eigenvalue weighted by molar-refractivity contribution is 5.85. The molecule has 0 radical (unpaired) electrons. The van der Waals surface area contributed by atoms with Gasteiger partial charge in [0.05, 0.1) is 19.0 Å². The van der Waals surface area contributed by atoms with E-state index in [0.717, 1.165) is 11.6 Å². The van der Waals surface area contributed by atoms with Crippen LogP contribution < -0.4 is 10.1 Å². The van der Waals surface area contributed by atoms with Crippen LogP contribution >= 0.6 is 0 Å². The summed E-state index contributed by atoms with van der Waals surface area (Å²) in [5, 5.41) is 13.4. The van der Waals surface area contributed by atoms with Crippen LogP contribution in [0.25, 0.3) is 10.9 Å². The molecule has 1 aromatic heterocycles. The SMILES string of the molecule is COc1ccc2ncc(C)c([C@@H](F)CCC3(CC(=O)O)CCN(CCNc4cc(F)cc(F)c4)CC3)c2c1. The molecule has 6 nitrogen and oxygen atoms in total. The summed E-state index contributed by atoms with van der Waals surface area (Å²) in [5.74, 6) is -1.52. The zero-order valence-electron chi connectivity index (χ0n) is 21.8. The lowest BCUT2D eigenvalue weighted by molar-refractivity contribution is -0.141. The van der Waals surface area contributed by atoms with Crippen LogP contribution in [0.4, 0.5) is 18.9 Å². The van der Waals surface area contributed by atoms with Gasteiger partial charge in [-0.1, -0.05) is 0 Å². The number of likely N-dealkylation sites (tertiary alicyclic amines) is 1. The molecular formula is C29H34F3N3O3. The molecule has 0 unspecified atom stereocenters. The Kier molecular flexibility index (Phi) is 8.76. The van der Waals surface area contributed by atoms with Gasteiger partial charge in [0.25, 0.3) is 0 Å². The normalized spacial score (nSPS) is 16.3. The lowest BCUT2D eigenvalue weighted by Crippen LogP contribution is -2.43. The minimum Gasteiger partial charge on any atom is -0.497 e. The minimum absolute atomic E-state index is 0.00171. The third-order valence-corrected chi connectivity index (χ3v) is 7.62. The van der Waals surface area contributed by atoms with Gasteiger partial charge in [0.15, 0.2) is 0 Å². The molecule has 9 heteroatoms. The quantitative estimate of drug-likeness (QED) is 0.304. The first-order valence-electron chi connectivity index (χ1n) is 12.9. The Morgan fingerprint density at radius 1 is 1.18 bits per heavy atom. The molecule has 3 aromatic rings. The van der Waals surface area contributed by atoms with E-state index in [1.807, 2.05) is 13.0 Å². The summed E-state index contributed by atoms with van der Waals surface area (Å²) in [6, 6.07) is 8.72. The van der Waals surface area contributed by atoms with E-state index in [1.165, 1.54) is 12.1 Å². The van der Waals surface area contributed by atoms with E-state index in [2.05, 4.69) is 15.2 Å². The largest absolute Gasteiger partial charge is 0.497 e.